The van der Waals surface area contributed by atoms with Gasteiger partial charge in [-0.05, 0) is 0 Å². The summed E-state index contributed by atoms with van der Waals surface area (Å²) in [5.74, 6) is -0.199. The molecule has 0 aliphatic heterocycles. The molecule has 0 aromatic rings. The zero-order valence-corrected chi connectivity index (χ0v) is 10.4. The first kappa shape index (κ1) is 14.9. The summed E-state index contributed by atoms with van der Waals surface area (Å²) in [6.45, 7) is 5.40. The first-order valence-electron chi connectivity index (χ1n) is 4.94. The van der Waals surface area contributed by atoms with Crippen LogP contribution in [0.2, 0.25) is 0 Å². The van der Waals surface area contributed by atoms with Crippen LogP contribution in [0.4, 0.5) is 4.79 Å². The van der Waals surface area contributed by atoms with Crippen LogP contribution < -0.4 is 5.73 Å². The Balaban J connectivity index is 4.67. The Morgan fingerprint density at radius 2 is 1.88 bits per heavy atom. The molecule has 0 fully saturated rings. The highest BCUT2D eigenvalue weighted by Crippen LogP contribution is 2.19. The first-order valence-corrected chi connectivity index (χ1v) is 4.94. The van der Waals surface area contributed by atoms with Gasteiger partial charge in [0.15, 0.2) is 11.9 Å². The summed E-state index contributed by atoms with van der Waals surface area (Å²) in [6, 6.07) is 0. The number of nitrogens with zero attached hydrogens (tertiary/aromatic N) is 1. The molecule has 0 saturated carbocycles. The van der Waals surface area contributed by atoms with E-state index in [1.54, 1.807) is 27.8 Å². The molecule has 1 amide bonds. The van der Waals surface area contributed by atoms with E-state index in [4.69, 9.17) is 15.3 Å². The molecule has 0 aromatic carbocycles. The third-order valence-electron chi connectivity index (χ3n) is 2.02. The molecule has 2 N–H and O–H groups in total. The van der Waals surface area contributed by atoms with Crippen LogP contribution in [-0.4, -0.2) is 43.7 Å². The highest BCUT2D eigenvalue weighted by molar-refractivity contribution is 5.89. The lowest BCUT2D eigenvalue weighted by Gasteiger charge is -2.26. The van der Waals surface area contributed by atoms with Gasteiger partial charge in [0.2, 0.25) is 0 Å². The molecule has 0 radical (unpaired) electrons. The number of hydroxylamine groups is 2. The molecule has 0 bridgehead atoms. The Kier molecular flexibility index (Phi) is 5.40. The average molecular weight is 232 g/mol. The summed E-state index contributed by atoms with van der Waals surface area (Å²) >= 11 is 0. The van der Waals surface area contributed by atoms with Crippen LogP contribution in [0.5, 0.6) is 0 Å². The largest absolute Gasteiger partial charge is 0.437 e. The maximum absolute atomic E-state index is 11.9. The second-order valence-corrected chi connectivity index (χ2v) is 4.53. The molecule has 6 nitrogen and oxygen atoms in total. The zero-order chi connectivity index (χ0) is 12.9. The fraction of sp³-hybridized carbons (Fsp3) is 0.800. The summed E-state index contributed by atoms with van der Waals surface area (Å²) in [5, 5.41) is 1.40. The van der Waals surface area contributed by atoms with Crippen molar-refractivity contribution in [3.8, 4) is 0 Å². The lowest BCUT2D eigenvalue weighted by molar-refractivity contribution is -0.151. The third kappa shape index (κ3) is 5.09. The number of likely N-dealkylation sites (N-methyl/N-ethyl adjacent to an activating group) is 1. The number of amides is 1. The quantitative estimate of drug-likeness (QED) is 0.700. The van der Waals surface area contributed by atoms with Gasteiger partial charge in [0.25, 0.3) is 0 Å². The van der Waals surface area contributed by atoms with Crippen molar-refractivity contribution >= 4 is 11.9 Å². The second kappa shape index (κ2) is 5.81. The minimum Gasteiger partial charge on any atom is -0.437 e. The van der Waals surface area contributed by atoms with Crippen LogP contribution in [-0.2, 0) is 14.4 Å². The van der Waals surface area contributed by atoms with Gasteiger partial charge in [0, 0.05) is 12.5 Å². The minimum atomic E-state index is -0.966. The van der Waals surface area contributed by atoms with Crippen molar-refractivity contribution in [2.45, 2.75) is 26.9 Å². The van der Waals surface area contributed by atoms with Gasteiger partial charge in [-0.15, -0.1) is 0 Å². The number of rotatable bonds is 5. The highest BCUT2D eigenvalue weighted by atomic mass is 16.7. The van der Waals surface area contributed by atoms with E-state index in [0.717, 1.165) is 0 Å². The zero-order valence-electron chi connectivity index (χ0n) is 10.4. The number of ketones is 1. The summed E-state index contributed by atoms with van der Waals surface area (Å²) in [4.78, 5) is 27.5. The minimum absolute atomic E-state index is 0.148. The molecule has 0 aliphatic rings. The van der Waals surface area contributed by atoms with Crippen molar-refractivity contribution in [3.63, 3.8) is 0 Å². The van der Waals surface area contributed by atoms with E-state index in [-0.39, 0.29) is 12.3 Å². The van der Waals surface area contributed by atoms with Gasteiger partial charge in [-0.2, -0.15) is 5.06 Å². The molecule has 0 spiro atoms. The van der Waals surface area contributed by atoms with Crippen LogP contribution in [0, 0.1) is 5.41 Å². The molecule has 0 saturated heterocycles. The van der Waals surface area contributed by atoms with Gasteiger partial charge >= 0.3 is 6.09 Å². The molecule has 16 heavy (non-hydrogen) atoms. The van der Waals surface area contributed by atoms with Gasteiger partial charge < -0.3 is 15.3 Å². The van der Waals surface area contributed by atoms with Crippen molar-refractivity contribution in [3.05, 3.63) is 0 Å². The second-order valence-electron chi connectivity index (χ2n) is 4.53. The smallest absolute Gasteiger partial charge is 0.405 e. The Bertz CT molecular complexity index is 260. The Morgan fingerprint density at radius 1 is 1.38 bits per heavy atom. The molecule has 6 heteroatoms. The normalized spacial score (nSPS) is 13.6. The van der Waals surface area contributed by atoms with Crippen molar-refractivity contribution in [2.24, 2.45) is 11.1 Å². The maximum Gasteiger partial charge on any atom is 0.405 e. The van der Waals surface area contributed by atoms with Gasteiger partial charge in [0.05, 0.1) is 13.7 Å². The Morgan fingerprint density at radius 3 is 2.19 bits per heavy atom. The predicted molar refractivity (Wildman–Crippen MR) is 58.6 cm³/mol. The Hall–Kier alpha value is -1.14. The van der Waals surface area contributed by atoms with Crippen LogP contribution in [0.15, 0.2) is 0 Å². The summed E-state index contributed by atoms with van der Waals surface area (Å²) in [7, 11) is 3.09. The number of Topliss-reactive ketones (excluding diaryl/α,β-unsaturated/α-hetero) is 1. The van der Waals surface area contributed by atoms with E-state index in [9.17, 15) is 9.59 Å². The lowest BCUT2D eigenvalue weighted by Crippen LogP contribution is -2.43. The first-order chi connectivity index (χ1) is 7.18. The van der Waals surface area contributed by atoms with Gasteiger partial charge in [-0.3, -0.25) is 4.79 Å². The van der Waals surface area contributed by atoms with E-state index < -0.39 is 17.6 Å². The molecule has 1 atom stereocenters. The molecule has 0 aromatic heterocycles. The van der Waals surface area contributed by atoms with E-state index in [0.29, 0.717) is 0 Å². The van der Waals surface area contributed by atoms with Crippen molar-refractivity contribution in [1.29, 1.82) is 0 Å². The van der Waals surface area contributed by atoms with E-state index in [2.05, 4.69) is 0 Å². The van der Waals surface area contributed by atoms with Crippen LogP contribution >= 0.6 is 0 Å². The van der Waals surface area contributed by atoms with E-state index in [1.165, 1.54) is 12.2 Å². The Labute approximate surface area is 95.6 Å². The fourth-order valence-electron chi connectivity index (χ4n) is 1.10. The van der Waals surface area contributed by atoms with Gasteiger partial charge in [-0.25, -0.2) is 4.79 Å². The maximum atomic E-state index is 11.9. The molecule has 0 unspecified atom stereocenters. The van der Waals surface area contributed by atoms with Crippen LogP contribution in [0.1, 0.15) is 20.8 Å². The summed E-state index contributed by atoms with van der Waals surface area (Å²) in [5.41, 5.74) is 4.32. The third-order valence-corrected chi connectivity index (χ3v) is 2.02. The predicted octanol–water partition coefficient (Wildman–Crippen LogP) is 0.559. The molecule has 0 heterocycles. The van der Waals surface area contributed by atoms with E-state index in [1.807, 2.05) is 0 Å². The average Bonchev–Trinajstić information content (AvgIpc) is 2.13. The number of hydrogen-bond acceptors (Lipinski definition) is 5. The summed E-state index contributed by atoms with van der Waals surface area (Å²) in [6.07, 6.45) is -1.88. The van der Waals surface area contributed by atoms with Gasteiger partial charge in [-0.1, -0.05) is 20.8 Å². The molecule has 0 rings (SSSR count). The SMILES string of the molecule is CON(C)C[C@@H](OC(N)=O)C(=O)C(C)(C)C. The number of carbonyl (C=O) groups is 2. The number of primary amides is 1. The van der Waals surface area contributed by atoms with Gasteiger partial charge in [0.1, 0.15) is 0 Å². The summed E-state index contributed by atoms with van der Waals surface area (Å²) < 4.78 is 4.78. The molecular formula is C10H20N2O4. The molecular weight excluding hydrogens is 212 g/mol. The topological polar surface area (TPSA) is 81.9 Å². The number of nitrogens with two attached hydrogens (primary N) is 1. The van der Waals surface area contributed by atoms with Crippen LogP contribution in [0.3, 0.4) is 0 Å². The molecule has 94 valence electrons. The lowest BCUT2D eigenvalue weighted by atomic mass is 9.87. The number of ether oxygens (including phenoxy) is 1. The van der Waals surface area contributed by atoms with Crippen molar-refractivity contribution in [2.75, 3.05) is 20.7 Å². The monoisotopic (exact) mass is 232 g/mol. The number of hydrogen-bond donors (Lipinski definition) is 1. The van der Waals surface area contributed by atoms with Crippen LogP contribution in [0.25, 0.3) is 0 Å². The highest BCUT2D eigenvalue weighted by Gasteiger charge is 2.32. The standard InChI is InChI=1S/C10H20N2O4/c1-10(2,3)8(13)7(16-9(11)14)6-12(4)15-5/h7H,6H2,1-5H3,(H2,11,14)/t7-/m1/s1. The number of carbonyl (C=O) groups excluding carboxylic acids is 2. The van der Waals surface area contributed by atoms with Crippen molar-refractivity contribution < 1.29 is 19.2 Å². The van der Waals surface area contributed by atoms with Crippen molar-refractivity contribution in [1.82, 2.24) is 5.06 Å². The molecule has 0 aliphatic carbocycles. The fourth-order valence-corrected chi connectivity index (χ4v) is 1.10. The van der Waals surface area contributed by atoms with E-state index >= 15 is 0 Å².